The van der Waals surface area contributed by atoms with E-state index in [2.05, 4.69) is 5.10 Å². The number of rotatable bonds is 3. The molecule has 7 heteroatoms. The quantitative estimate of drug-likeness (QED) is 0.746. The summed E-state index contributed by atoms with van der Waals surface area (Å²) in [6, 6.07) is 13.0. The van der Waals surface area contributed by atoms with Gasteiger partial charge in [-0.2, -0.15) is 5.10 Å². The Kier molecular flexibility index (Phi) is 4.76. The average molecular weight is 385 g/mol. The monoisotopic (exact) mass is 384 g/mol. The van der Waals surface area contributed by atoms with E-state index in [1.54, 1.807) is 35.2 Å². The van der Waals surface area contributed by atoms with Gasteiger partial charge in [0.1, 0.15) is 5.69 Å². The molecule has 1 saturated heterocycles. The number of nitrogens with two attached hydrogens (primary N) is 1. The van der Waals surface area contributed by atoms with Gasteiger partial charge in [0.15, 0.2) is 11.5 Å². The highest BCUT2D eigenvalue weighted by molar-refractivity contribution is 6.30. The summed E-state index contributed by atoms with van der Waals surface area (Å²) in [5.41, 5.74) is 7.87. The lowest BCUT2D eigenvalue weighted by Crippen LogP contribution is -2.48. The van der Waals surface area contributed by atoms with E-state index in [0.717, 1.165) is 18.5 Å². The highest BCUT2D eigenvalue weighted by Gasteiger charge is 2.30. The first kappa shape index (κ1) is 17.8. The highest BCUT2D eigenvalue weighted by atomic mass is 35.5. The summed E-state index contributed by atoms with van der Waals surface area (Å²) in [6.07, 6.45) is 3.20. The zero-order chi connectivity index (χ0) is 19.0. The van der Waals surface area contributed by atoms with Gasteiger partial charge in [0.2, 0.25) is 0 Å². The second kappa shape index (κ2) is 7.21. The fourth-order valence-electron chi connectivity index (χ4n) is 3.55. The van der Waals surface area contributed by atoms with Crippen molar-refractivity contribution >= 4 is 17.5 Å². The summed E-state index contributed by atoms with van der Waals surface area (Å²) in [5.74, 6) is 0.540. The first-order valence-electron chi connectivity index (χ1n) is 8.99. The molecule has 0 radical (unpaired) electrons. The summed E-state index contributed by atoms with van der Waals surface area (Å²) in [6.45, 7) is 2.67. The van der Waals surface area contributed by atoms with Crippen LogP contribution in [-0.4, -0.2) is 39.2 Å². The van der Waals surface area contributed by atoms with Gasteiger partial charge in [-0.3, -0.25) is 4.79 Å². The highest BCUT2D eigenvalue weighted by Crippen LogP contribution is 2.27. The Morgan fingerprint density at radius 1 is 1.30 bits per heavy atom. The van der Waals surface area contributed by atoms with Gasteiger partial charge in [-0.15, -0.1) is 0 Å². The Hall–Kier alpha value is -2.57. The van der Waals surface area contributed by atoms with Crippen LogP contribution in [0.2, 0.25) is 5.02 Å². The molecule has 0 aliphatic carbocycles. The average Bonchev–Trinajstić information content (AvgIpc) is 3.31. The van der Waals surface area contributed by atoms with Crippen molar-refractivity contribution < 1.29 is 9.21 Å². The van der Waals surface area contributed by atoms with E-state index in [0.29, 0.717) is 28.7 Å². The van der Waals surface area contributed by atoms with Crippen molar-refractivity contribution in [3.63, 3.8) is 0 Å². The van der Waals surface area contributed by atoms with Gasteiger partial charge in [-0.1, -0.05) is 17.7 Å². The lowest BCUT2D eigenvalue weighted by molar-refractivity contribution is 0.0612. The molecule has 1 aliphatic rings. The Balaban J connectivity index is 1.74. The van der Waals surface area contributed by atoms with E-state index < -0.39 is 0 Å². The largest absolute Gasteiger partial charge is 0.463 e. The number of likely N-dealkylation sites (tertiary alicyclic amines) is 1. The van der Waals surface area contributed by atoms with Gasteiger partial charge in [0.05, 0.1) is 12.0 Å². The predicted octanol–water partition coefficient (Wildman–Crippen LogP) is 3.74. The molecule has 6 nitrogen and oxygen atoms in total. The zero-order valence-corrected chi connectivity index (χ0v) is 15.8. The van der Waals surface area contributed by atoms with E-state index in [1.807, 2.05) is 30.0 Å². The molecule has 2 atom stereocenters. The fourth-order valence-corrected chi connectivity index (χ4v) is 3.73. The lowest BCUT2D eigenvalue weighted by atomic mass is 9.99. The number of halogens is 1. The standard InChI is InChI=1S/C20H21ClN4O2/c1-13-10-15(22)7-8-24(13)20(26)17-12-18(19-6-3-9-27-19)25(23-17)16-5-2-4-14(21)11-16/h2-6,9,11-13,15H,7-8,10,22H2,1H3/t13-,15-/m0/s1. The van der Waals surface area contributed by atoms with Crippen LogP contribution in [0.25, 0.3) is 17.1 Å². The first-order valence-corrected chi connectivity index (χ1v) is 9.37. The molecule has 4 rings (SSSR count). The maximum Gasteiger partial charge on any atom is 0.274 e. The molecule has 3 heterocycles. The molecule has 2 N–H and O–H groups in total. The van der Waals surface area contributed by atoms with Gasteiger partial charge in [0, 0.05) is 29.7 Å². The summed E-state index contributed by atoms with van der Waals surface area (Å²) in [4.78, 5) is 14.9. The maximum atomic E-state index is 13.1. The number of carbonyl (C=O) groups excluding carboxylic acids is 1. The second-order valence-corrected chi connectivity index (χ2v) is 7.35. The van der Waals surface area contributed by atoms with E-state index in [4.69, 9.17) is 21.8 Å². The predicted molar refractivity (Wildman–Crippen MR) is 104 cm³/mol. The molecule has 0 bridgehead atoms. The third-order valence-electron chi connectivity index (χ3n) is 4.93. The van der Waals surface area contributed by atoms with E-state index in [9.17, 15) is 4.79 Å². The van der Waals surface area contributed by atoms with Gasteiger partial charge < -0.3 is 15.1 Å². The van der Waals surface area contributed by atoms with Crippen LogP contribution in [0.4, 0.5) is 0 Å². The number of nitrogens with zero attached hydrogens (tertiary/aromatic N) is 3. The summed E-state index contributed by atoms with van der Waals surface area (Å²) >= 11 is 6.14. The first-order chi connectivity index (χ1) is 13.0. The van der Waals surface area contributed by atoms with E-state index >= 15 is 0 Å². The normalized spacial score (nSPS) is 20.0. The zero-order valence-electron chi connectivity index (χ0n) is 15.0. The summed E-state index contributed by atoms with van der Waals surface area (Å²) in [7, 11) is 0. The molecular weight excluding hydrogens is 364 g/mol. The summed E-state index contributed by atoms with van der Waals surface area (Å²) in [5, 5.41) is 5.18. The van der Waals surface area contributed by atoms with Crippen molar-refractivity contribution in [2.75, 3.05) is 6.54 Å². The lowest BCUT2D eigenvalue weighted by Gasteiger charge is -2.35. The number of carbonyl (C=O) groups is 1. The van der Waals surface area contributed by atoms with Crippen molar-refractivity contribution in [1.29, 1.82) is 0 Å². The van der Waals surface area contributed by atoms with Gasteiger partial charge in [-0.25, -0.2) is 4.68 Å². The van der Waals surface area contributed by atoms with Crippen LogP contribution in [0.1, 0.15) is 30.3 Å². The Bertz CT molecular complexity index is 951. The second-order valence-electron chi connectivity index (χ2n) is 6.92. The van der Waals surface area contributed by atoms with E-state index in [-0.39, 0.29) is 18.0 Å². The Labute approximate surface area is 162 Å². The van der Waals surface area contributed by atoms with Crippen molar-refractivity contribution in [1.82, 2.24) is 14.7 Å². The third-order valence-corrected chi connectivity index (χ3v) is 5.17. The minimum Gasteiger partial charge on any atom is -0.463 e. The number of hydrogen-bond acceptors (Lipinski definition) is 4. The number of hydrogen-bond donors (Lipinski definition) is 1. The van der Waals surface area contributed by atoms with Gasteiger partial charge >= 0.3 is 0 Å². The number of piperidine rings is 1. The van der Waals surface area contributed by atoms with Gasteiger partial charge in [0.25, 0.3) is 5.91 Å². The molecular formula is C20H21ClN4O2. The number of aromatic nitrogens is 2. The van der Waals surface area contributed by atoms with Crippen LogP contribution in [0.15, 0.2) is 53.1 Å². The molecule has 1 amide bonds. The minimum atomic E-state index is -0.0945. The van der Waals surface area contributed by atoms with Crippen LogP contribution in [0.5, 0.6) is 0 Å². The molecule has 0 saturated carbocycles. The van der Waals surface area contributed by atoms with Crippen LogP contribution in [-0.2, 0) is 0 Å². The number of amides is 1. The molecule has 1 fully saturated rings. The maximum absolute atomic E-state index is 13.1. The summed E-state index contributed by atoms with van der Waals surface area (Å²) < 4.78 is 7.24. The molecule has 0 spiro atoms. The van der Waals surface area contributed by atoms with Crippen molar-refractivity contribution in [2.24, 2.45) is 5.73 Å². The van der Waals surface area contributed by atoms with Crippen LogP contribution in [0.3, 0.4) is 0 Å². The molecule has 3 aromatic rings. The van der Waals surface area contributed by atoms with Crippen molar-refractivity contribution in [3.05, 3.63) is 59.4 Å². The minimum absolute atomic E-state index is 0.0876. The van der Waals surface area contributed by atoms with Crippen LogP contribution in [0, 0.1) is 0 Å². The van der Waals surface area contributed by atoms with E-state index in [1.165, 1.54) is 0 Å². The third kappa shape index (κ3) is 3.50. The Morgan fingerprint density at radius 3 is 2.85 bits per heavy atom. The molecule has 0 unspecified atom stereocenters. The molecule has 2 aromatic heterocycles. The molecule has 27 heavy (non-hydrogen) atoms. The topological polar surface area (TPSA) is 77.3 Å². The van der Waals surface area contributed by atoms with Crippen LogP contribution >= 0.6 is 11.6 Å². The van der Waals surface area contributed by atoms with Crippen LogP contribution < -0.4 is 5.73 Å². The van der Waals surface area contributed by atoms with Crippen molar-refractivity contribution in [2.45, 2.75) is 31.8 Å². The fraction of sp³-hybridized carbons (Fsp3) is 0.300. The SMILES string of the molecule is C[C@H]1C[C@@H](N)CCN1C(=O)c1cc(-c2ccco2)n(-c2cccc(Cl)c2)n1. The molecule has 1 aliphatic heterocycles. The van der Waals surface area contributed by atoms with Gasteiger partial charge in [-0.05, 0) is 50.1 Å². The molecule has 140 valence electrons. The number of furan rings is 1. The number of benzene rings is 1. The van der Waals surface area contributed by atoms with Crippen molar-refractivity contribution in [3.8, 4) is 17.1 Å². The smallest absolute Gasteiger partial charge is 0.274 e. The molecule has 1 aromatic carbocycles. The Morgan fingerprint density at radius 2 is 2.15 bits per heavy atom.